The SMILES string of the molecule is CCC(Sc1cc(C)c2cccc(C)c2n1)C(=O)Nc1nc(C)c(C(=O)OCc2ccccc2)s1. The van der Waals surface area contributed by atoms with Crippen LogP contribution < -0.4 is 5.32 Å². The van der Waals surface area contributed by atoms with E-state index in [1.807, 2.05) is 62.4 Å². The summed E-state index contributed by atoms with van der Waals surface area (Å²) in [5.41, 5.74) is 4.64. The summed E-state index contributed by atoms with van der Waals surface area (Å²) < 4.78 is 5.42. The van der Waals surface area contributed by atoms with E-state index in [9.17, 15) is 9.59 Å². The fraction of sp³-hybridized carbons (Fsp3) is 0.259. The number of thiazole rings is 1. The van der Waals surface area contributed by atoms with Gasteiger partial charge in [0, 0.05) is 5.39 Å². The lowest BCUT2D eigenvalue weighted by atomic mass is 10.1. The first-order chi connectivity index (χ1) is 16.9. The van der Waals surface area contributed by atoms with Crippen molar-refractivity contribution in [3.63, 3.8) is 0 Å². The van der Waals surface area contributed by atoms with Crippen LogP contribution in [0.15, 0.2) is 59.6 Å². The van der Waals surface area contributed by atoms with Gasteiger partial charge in [0.05, 0.1) is 21.5 Å². The molecular weight excluding hydrogens is 478 g/mol. The second kappa shape index (κ2) is 11.0. The molecule has 0 aliphatic rings. The smallest absolute Gasteiger partial charge is 0.350 e. The molecule has 1 N–H and O–H groups in total. The summed E-state index contributed by atoms with van der Waals surface area (Å²) in [6.07, 6.45) is 0.624. The fourth-order valence-corrected chi connectivity index (χ4v) is 5.55. The Hall–Kier alpha value is -3.23. The Morgan fingerprint density at radius 2 is 1.80 bits per heavy atom. The molecule has 0 radical (unpaired) electrons. The summed E-state index contributed by atoms with van der Waals surface area (Å²) in [5, 5.41) is 4.85. The van der Waals surface area contributed by atoms with Crippen molar-refractivity contribution in [3.05, 3.63) is 81.9 Å². The molecule has 1 amide bonds. The molecule has 1 atom stereocenters. The Balaban J connectivity index is 1.43. The topological polar surface area (TPSA) is 81.2 Å². The van der Waals surface area contributed by atoms with Crippen LogP contribution in [-0.2, 0) is 16.1 Å². The minimum atomic E-state index is -0.447. The molecule has 0 saturated heterocycles. The second-order valence-corrected chi connectivity index (χ2v) is 10.5. The Morgan fingerprint density at radius 3 is 2.54 bits per heavy atom. The van der Waals surface area contributed by atoms with Gasteiger partial charge in [-0.25, -0.2) is 14.8 Å². The lowest BCUT2D eigenvalue weighted by Gasteiger charge is -2.14. The first kappa shape index (κ1) is 24.9. The highest BCUT2D eigenvalue weighted by Gasteiger charge is 2.23. The number of carbonyl (C=O) groups is 2. The average molecular weight is 506 g/mol. The minimum Gasteiger partial charge on any atom is -0.457 e. The highest BCUT2D eigenvalue weighted by molar-refractivity contribution is 8.00. The van der Waals surface area contributed by atoms with Gasteiger partial charge in [0.15, 0.2) is 5.13 Å². The summed E-state index contributed by atoms with van der Waals surface area (Å²) in [7, 11) is 0. The zero-order valence-corrected chi connectivity index (χ0v) is 21.8. The molecule has 2 heterocycles. The number of rotatable bonds is 8. The van der Waals surface area contributed by atoms with Crippen molar-refractivity contribution in [1.29, 1.82) is 0 Å². The quantitative estimate of drug-likeness (QED) is 0.218. The van der Waals surface area contributed by atoms with Crippen LogP contribution in [0.4, 0.5) is 5.13 Å². The molecule has 6 nitrogen and oxygen atoms in total. The predicted molar refractivity (Wildman–Crippen MR) is 142 cm³/mol. The molecule has 2 aromatic heterocycles. The number of pyridine rings is 1. The highest BCUT2D eigenvalue weighted by atomic mass is 32.2. The van der Waals surface area contributed by atoms with E-state index in [1.54, 1.807) is 6.92 Å². The van der Waals surface area contributed by atoms with Crippen LogP contribution in [0.3, 0.4) is 0 Å². The lowest BCUT2D eigenvalue weighted by Crippen LogP contribution is -2.24. The third kappa shape index (κ3) is 5.89. The van der Waals surface area contributed by atoms with Gasteiger partial charge in [-0.1, -0.05) is 78.6 Å². The van der Waals surface area contributed by atoms with Gasteiger partial charge in [0.2, 0.25) is 5.91 Å². The maximum absolute atomic E-state index is 13.1. The molecule has 8 heteroatoms. The predicted octanol–water partition coefficient (Wildman–Crippen LogP) is 6.48. The summed E-state index contributed by atoms with van der Waals surface area (Å²) in [4.78, 5) is 35.2. The molecule has 0 saturated carbocycles. The number of ether oxygens (including phenoxy) is 1. The van der Waals surface area contributed by atoms with E-state index in [-0.39, 0.29) is 17.8 Å². The highest BCUT2D eigenvalue weighted by Crippen LogP contribution is 2.31. The summed E-state index contributed by atoms with van der Waals surface area (Å²) in [6.45, 7) is 7.99. The van der Waals surface area contributed by atoms with Gasteiger partial charge in [-0.15, -0.1) is 0 Å². The van der Waals surface area contributed by atoms with Gasteiger partial charge in [-0.3, -0.25) is 4.79 Å². The zero-order chi connectivity index (χ0) is 24.9. The van der Waals surface area contributed by atoms with Crippen molar-refractivity contribution in [2.24, 2.45) is 0 Å². The normalized spacial score (nSPS) is 11.9. The van der Waals surface area contributed by atoms with Gasteiger partial charge in [-0.2, -0.15) is 0 Å². The molecule has 0 aliphatic heterocycles. The maximum atomic E-state index is 13.1. The van der Waals surface area contributed by atoms with Gasteiger partial charge in [0.25, 0.3) is 0 Å². The number of aromatic nitrogens is 2. The number of carbonyl (C=O) groups excluding carboxylic acids is 2. The van der Waals surface area contributed by atoms with E-state index in [4.69, 9.17) is 9.72 Å². The number of thioether (sulfide) groups is 1. The molecule has 0 bridgehead atoms. The van der Waals surface area contributed by atoms with E-state index >= 15 is 0 Å². The third-order valence-corrected chi connectivity index (χ3v) is 7.91. The fourth-order valence-electron chi connectivity index (χ4n) is 3.67. The van der Waals surface area contributed by atoms with Crippen LogP contribution in [0.1, 0.15) is 45.4 Å². The minimum absolute atomic E-state index is 0.167. The Kier molecular flexibility index (Phi) is 7.83. The lowest BCUT2D eigenvalue weighted by molar-refractivity contribution is -0.115. The van der Waals surface area contributed by atoms with Gasteiger partial charge < -0.3 is 10.1 Å². The summed E-state index contributed by atoms with van der Waals surface area (Å²) in [6, 6.07) is 17.7. The number of fused-ring (bicyclic) bond motifs is 1. The summed E-state index contributed by atoms with van der Waals surface area (Å²) in [5.74, 6) is -0.614. The van der Waals surface area contributed by atoms with E-state index < -0.39 is 5.97 Å². The Labute approximate surface area is 213 Å². The van der Waals surface area contributed by atoms with Crippen LogP contribution >= 0.6 is 23.1 Å². The van der Waals surface area contributed by atoms with Crippen LogP contribution in [-0.4, -0.2) is 27.1 Å². The number of benzene rings is 2. The number of nitrogens with one attached hydrogen (secondary N) is 1. The number of amides is 1. The van der Waals surface area contributed by atoms with Crippen LogP contribution in [0.2, 0.25) is 0 Å². The number of hydrogen-bond acceptors (Lipinski definition) is 7. The molecule has 0 spiro atoms. The molecular formula is C27H27N3O3S2. The molecule has 1 unspecified atom stereocenters. The van der Waals surface area contributed by atoms with Crippen molar-refractivity contribution in [3.8, 4) is 0 Å². The van der Waals surface area contributed by atoms with E-state index in [0.717, 1.165) is 44.0 Å². The first-order valence-corrected chi connectivity index (χ1v) is 13.1. The molecule has 35 heavy (non-hydrogen) atoms. The maximum Gasteiger partial charge on any atom is 0.350 e. The average Bonchev–Trinajstić information content (AvgIpc) is 3.22. The number of nitrogens with zero attached hydrogens (tertiary/aromatic N) is 2. The van der Waals surface area contributed by atoms with E-state index in [1.165, 1.54) is 11.8 Å². The first-order valence-electron chi connectivity index (χ1n) is 11.4. The number of anilines is 1. The molecule has 180 valence electrons. The second-order valence-electron chi connectivity index (χ2n) is 8.25. The third-order valence-electron chi connectivity index (χ3n) is 5.58. The Bertz CT molecular complexity index is 1370. The van der Waals surface area contributed by atoms with Gasteiger partial charge >= 0.3 is 5.97 Å². The van der Waals surface area contributed by atoms with E-state index in [0.29, 0.717) is 22.1 Å². The van der Waals surface area contributed by atoms with Gasteiger partial charge in [-0.05, 0) is 49.9 Å². The monoisotopic (exact) mass is 505 g/mol. The number of aryl methyl sites for hydroxylation is 3. The number of esters is 1. The van der Waals surface area contributed by atoms with Crippen molar-refractivity contribution in [2.45, 2.75) is 51.0 Å². The van der Waals surface area contributed by atoms with Crippen LogP contribution in [0.5, 0.6) is 0 Å². The van der Waals surface area contributed by atoms with Crippen molar-refractivity contribution >= 4 is 51.0 Å². The standard InChI is InChI=1S/C27H27N3O3S2/c1-5-21(34-22-14-17(3)20-13-9-10-16(2)23(20)29-22)25(31)30-27-28-18(4)24(35-27)26(32)33-15-19-11-7-6-8-12-19/h6-14,21H,5,15H2,1-4H3,(H,28,30,31). The molecule has 2 aromatic carbocycles. The molecule has 0 fully saturated rings. The Morgan fingerprint density at radius 1 is 1.03 bits per heavy atom. The van der Waals surface area contributed by atoms with Crippen molar-refractivity contribution in [2.75, 3.05) is 5.32 Å². The zero-order valence-electron chi connectivity index (χ0n) is 20.1. The van der Waals surface area contributed by atoms with Crippen LogP contribution in [0, 0.1) is 20.8 Å². The molecule has 0 aliphatic carbocycles. The molecule has 4 rings (SSSR count). The van der Waals surface area contributed by atoms with E-state index in [2.05, 4.69) is 23.3 Å². The number of hydrogen-bond donors (Lipinski definition) is 1. The summed E-state index contributed by atoms with van der Waals surface area (Å²) >= 11 is 2.57. The molecule has 4 aromatic rings. The van der Waals surface area contributed by atoms with Gasteiger partial charge in [0.1, 0.15) is 11.5 Å². The van der Waals surface area contributed by atoms with Crippen molar-refractivity contribution < 1.29 is 14.3 Å². The van der Waals surface area contributed by atoms with Crippen LogP contribution in [0.25, 0.3) is 10.9 Å². The number of para-hydroxylation sites is 1. The largest absolute Gasteiger partial charge is 0.457 e. The van der Waals surface area contributed by atoms with Crippen molar-refractivity contribution in [1.82, 2.24) is 9.97 Å².